The third kappa shape index (κ3) is 5.82. The molecule has 0 aliphatic rings. The molecule has 5 heteroatoms. The molecular formula is C40H28O4Ti. The second-order valence-corrected chi connectivity index (χ2v) is 10.8. The minimum atomic E-state index is 0. The molecule has 216 valence electrons. The van der Waals surface area contributed by atoms with Crippen LogP contribution in [-0.2, 0) is 21.7 Å². The van der Waals surface area contributed by atoms with E-state index in [4.69, 9.17) is 0 Å². The van der Waals surface area contributed by atoms with Gasteiger partial charge >= 0.3 is 0 Å². The van der Waals surface area contributed by atoms with Gasteiger partial charge in [0.2, 0.25) is 0 Å². The zero-order chi connectivity index (χ0) is 30.2. The number of hydrogen-bond acceptors (Lipinski definition) is 4. The summed E-state index contributed by atoms with van der Waals surface area (Å²) in [6.45, 7) is 0. The molecule has 0 aliphatic heterocycles. The van der Waals surface area contributed by atoms with E-state index in [-0.39, 0.29) is 44.7 Å². The molecule has 0 saturated carbocycles. The van der Waals surface area contributed by atoms with Crippen LogP contribution in [0.2, 0.25) is 0 Å². The Morgan fingerprint density at radius 3 is 0.711 bits per heavy atom. The quantitative estimate of drug-likeness (QED) is 0.145. The van der Waals surface area contributed by atoms with Gasteiger partial charge in [-0.25, -0.2) is 0 Å². The van der Waals surface area contributed by atoms with Crippen LogP contribution in [0.4, 0.5) is 0 Å². The van der Waals surface area contributed by atoms with Crippen LogP contribution in [-0.4, -0.2) is 20.4 Å². The van der Waals surface area contributed by atoms with Crippen LogP contribution in [0, 0.1) is 0 Å². The van der Waals surface area contributed by atoms with Crippen LogP contribution in [0.15, 0.2) is 146 Å². The zero-order valence-corrected chi connectivity index (χ0v) is 25.7. The third-order valence-corrected chi connectivity index (χ3v) is 8.04. The fourth-order valence-electron chi connectivity index (χ4n) is 5.98. The van der Waals surface area contributed by atoms with Crippen molar-refractivity contribution in [2.45, 2.75) is 0 Å². The Bertz CT molecular complexity index is 2010. The molecule has 0 spiro atoms. The Balaban J connectivity index is 0.000000155. The Hall–Kier alpha value is -5.29. The second-order valence-electron chi connectivity index (χ2n) is 10.8. The van der Waals surface area contributed by atoms with Crippen molar-refractivity contribution < 1.29 is 42.1 Å². The topological polar surface area (TPSA) is 80.9 Å². The van der Waals surface area contributed by atoms with Crippen LogP contribution in [0.25, 0.3) is 65.3 Å². The number of benzene rings is 8. The average Bonchev–Trinajstić information content (AvgIpc) is 3.04. The van der Waals surface area contributed by atoms with Gasteiger partial charge in [-0.2, -0.15) is 0 Å². The van der Waals surface area contributed by atoms with Crippen LogP contribution in [0.3, 0.4) is 0 Å². The molecule has 8 aromatic carbocycles. The fraction of sp³-hybridized carbons (Fsp3) is 0. The molecule has 0 unspecified atom stereocenters. The van der Waals surface area contributed by atoms with Crippen molar-refractivity contribution in [3.8, 4) is 45.3 Å². The Morgan fingerprint density at radius 2 is 0.489 bits per heavy atom. The summed E-state index contributed by atoms with van der Waals surface area (Å²) >= 11 is 0. The van der Waals surface area contributed by atoms with Gasteiger partial charge in [0.05, 0.1) is 0 Å². The second kappa shape index (κ2) is 12.4. The van der Waals surface area contributed by atoms with Gasteiger partial charge in [-0.1, -0.05) is 97.1 Å². The minimum Gasteiger partial charge on any atom is -0.508 e. The van der Waals surface area contributed by atoms with Gasteiger partial charge in [-0.3, -0.25) is 0 Å². The van der Waals surface area contributed by atoms with E-state index in [1.807, 2.05) is 97.1 Å². The fourth-order valence-corrected chi connectivity index (χ4v) is 5.98. The first-order valence-electron chi connectivity index (χ1n) is 14.3. The largest absolute Gasteiger partial charge is 0.508 e. The van der Waals surface area contributed by atoms with E-state index in [0.29, 0.717) is 0 Å². The maximum atomic E-state index is 9.82. The Kier molecular flexibility index (Phi) is 8.19. The molecule has 0 amide bonds. The summed E-state index contributed by atoms with van der Waals surface area (Å²) in [4.78, 5) is 0. The van der Waals surface area contributed by atoms with E-state index < -0.39 is 0 Å². The van der Waals surface area contributed by atoms with E-state index in [2.05, 4.69) is 0 Å². The summed E-state index contributed by atoms with van der Waals surface area (Å²) in [5.41, 5.74) is 4.18. The van der Waals surface area contributed by atoms with Crippen LogP contribution in [0.5, 0.6) is 23.0 Å². The predicted molar refractivity (Wildman–Crippen MR) is 180 cm³/mol. The summed E-state index contributed by atoms with van der Waals surface area (Å²) in [6.07, 6.45) is 0. The van der Waals surface area contributed by atoms with Gasteiger partial charge in [0.1, 0.15) is 23.0 Å². The molecule has 0 radical (unpaired) electrons. The van der Waals surface area contributed by atoms with Crippen molar-refractivity contribution in [3.05, 3.63) is 146 Å². The van der Waals surface area contributed by atoms with Gasteiger partial charge in [0.15, 0.2) is 0 Å². The van der Waals surface area contributed by atoms with E-state index in [1.54, 1.807) is 48.5 Å². The molecule has 0 aromatic heterocycles. The number of aromatic hydroxyl groups is 4. The third-order valence-electron chi connectivity index (χ3n) is 8.04. The Morgan fingerprint density at radius 1 is 0.267 bits per heavy atom. The Labute approximate surface area is 275 Å². The first kappa shape index (κ1) is 29.8. The van der Waals surface area contributed by atoms with Crippen molar-refractivity contribution in [2.24, 2.45) is 0 Å². The first-order valence-corrected chi connectivity index (χ1v) is 14.3. The van der Waals surface area contributed by atoms with E-state index in [1.165, 1.54) is 0 Å². The summed E-state index contributed by atoms with van der Waals surface area (Å²) in [6, 6.07) is 45.9. The summed E-state index contributed by atoms with van der Waals surface area (Å²) in [5, 5.41) is 47.6. The number of rotatable bonds is 2. The van der Waals surface area contributed by atoms with E-state index in [9.17, 15) is 20.4 Å². The number of fused-ring (bicyclic) bond motifs is 4. The standard InChI is InChI=1S/2C20H14O2.Ti/c2*21-15-9-7-13-3-1-5-17(19(13)11-15)18-6-2-4-14-8-10-16(22)12-20(14)18;/h2*1-12,21-22H;. The van der Waals surface area contributed by atoms with Crippen LogP contribution >= 0.6 is 0 Å². The summed E-state index contributed by atoms with van der Waals surface area (Å²) in [7, 11) is 0. The summed E-state index contributed by atoms with van der Waals surface area (Å²) < 4.78 is 0. The van der Waals surface area contributed by atoms with Gasteiger partial charge < -0.3 is 20.4 Å². The maximum Gasteiger partial charge on any atom is 0.116 e. The number of phenolic OH excluding ortho intramolecular Hbond substituents is 4. The molecule has 45 heavy (non-hydrogen) atoms. The first-order chi connectivity index (χ1) is 21.4. The molecule has 0 bridgehead atoms. The molecule has 0 atom stereocenters. The molecule has 4 nitrogen and oxygen atoms in total. The van der Waals surface area contributed by atoms with Crippen molar-refractivity contribution in [1.82, 2.24) is 0 Å². The van der Waals surface area contributed by atoms with Gasteiger partial charge in [-0.05, 0) is 114 Å². The smallest absolute Gasteiger partial charge is 0.116 e. The van der Waals surface area contributed by atoms with Gasteiger partial charge in [-0.15, -0.1) is 0 Å². The van der Waals surface area contributed by atoms with E-state index >= 15 is 0 Å². The van der Waals surface area contributed by atoms with Crippen LogP contribution < -0.4 is 0 Å². The van der Waals surface area contributed by atoms with Crippen molar-refractivity contribution in [3.63, 3.8) is 0 Å². The molecule has 0 heterocycles. The van der Waals surface area contributed by atoms with Crippen molar-refractivity contribution >= 4 is 43.1 Å². The minimum absolute atomic E-state index is 0. The molecule has 8 aromatic rings. The van der Waals surface area contributed by atoms with E-state index in [0.717, 1.165) is 65.3 Å². The van der Waals surface area contributed by atoms with Gasteiger partial charge in [0.25, 0.3) is 0 Å². The molecule has 8 rings (SSSR count). The van der Waals surface area contributed by atoms with Crippen molar-refractivity contribution in [2.75, 3.05) is 0 Å². The zero-order valence-electron chi connectivity index (χ0n) is 24.1. The molecule has 0 saturated heterocycles. The molecule has 4 N–H and O–H groups in total. The average molecular weight is 621 g/mol. The molecule has 0 fully saturated rings. The normalized spacial score (nSPS) is 10.8. The molecule has 0 aliphatic carbocycles. The maximum absolute atomic E-state index is 9.82. The summed E-state index contributed by atoms with van der Waals surface area (Å²) in [5.74, 6) is 1.01. The monoisotopic (exact) mass is 620 g/mol. The van der Waals surface area contributed by atoms with Crippen molar-refractivity contribution in [1.29, 1.82) is 0 Å². The molecular weight excluding hydrogens is 592 g/mol. The number of hydrogen-bond donors (Lipinski definition) is 4. The van der Waals surface area contributed by atoms with Crippen LogP contribution in [0.1, 0.15) is 0 Å². The number of phenols is 4. The van der Waals surface area contributed by atoms with Gasteiger partial charge in [0, 0.05) is 21.7 Å². The SMILES string of the molecule is Oc1ccc2cccc(-c3cccc4ccc(O)cc34)c2c1.Oc1ccc2cccc(-c3cccc4ccc(O)cc34)c2c1.[Ti]. The predicted octanol–water partition coefficient (Wildman–Crippen LogP) is 10.1.